The van der Waals surface area contributed by atoms with Gasteiger partial charge >= 0.3 is 0 Å². The fourth-order valence-electron chi connectivity index (χ4n) is 1.52. The van der Waals surface area contributed by atoms with Crippen molar-refractivity contribution in [2.45, 2.75) is 32.8 Å². The fraction of sp³-hybridized carbons (Fsp3) is 0.462. The zero-order valence-electron chi connectivity index (χ0n) is 10.2. The van der Waals surface area contributed by atoms with Gasteiger partial charge in [-0.05, 0) is 32.9 Å². The van der Waals surface area contributed by atoms with E-state index in [0.717, 1.165) is 12.1 Å². The molecule has 0 saturated heterocycles. The summed E-state index contributed by atoms with van der Waals surface area (Å²) in [6.45, 7) is 5.33. The highest BCUT2D eigenvalue weighted by molar-refractivity contribution is 5.88. The molecule has 0 heterocycles. The lowest BCUT2D eigenvalue weighted by atomic mass is 9.96. The average molecular weight is 242 g/mol. The molecule has 1 rings (SSSR count). The second-order valence-corrected chi connectivity index (χ2v) is 4.24. The molecular weight excluding hydrogens is 226 g/mol. The van der Waals surface area contributed by atoms with Gasteiger partial charge in [0.2, 0.25) is 0 Å². The summed E-state index contributed by atoms with van der Waals surface area (Å²) >= 11 is 0. The molecule has 0 spiro atoms. The van der Waals surface area contributed by atoms with Crippen LogP contribution in [0.2, 0.25) is 0 Å². The molecule has 0 saturated carbocycles. The van der Waals surface area contributed by atoms with Crippen LogP contribution in [0.1, 0.15) is 26.3 Å². The molecule has 0 unspecified atom stereocenters. The van der Waals surface area contributed by atoms with Crippen LogP contribution in [-0.2, 0) is 16.0 Å². The van der Waals surface area contributed by atoms with Gasteiger partial charge in [-0.15, -0.1) is 0 Å². The number of Topliss-reactive ketones (excluding diaryl/α,β-unsaturated/α-hetero) is 1. The van der Waals surface area contributed by atoms with Gasteiger partial charge < -0.3 is 4.74 Å². The number of benzene rings is 1. The topological polar surface area (TPSA) is 26.3 Å². The van der Waals surface area contributed by atoms with Crippen molar-refractivity contribution in [1.29, 1.82) is 0 Å². The zero-order chi connectivity index (χ0) is 13.1. The molecule has 0 fully saturated rings. The van der Waals surface area contributed by atoms with E-state index < -0.39 is 17.2 Å². The van der Waals surface area contributed by atoms with Crippen LogP contribution < -0.4 is 0 Å². The van der Waals surface area contributed by atoms with Crippen LogP contribution in [0.4, 0.5) is 8.78 Å². The van der Waals surface area contributed by atoms with E-state index in [1.807, 2.05) is 0 Å². The van der Waals surface area contributed by atoms with Gasteiger partial charge in [0, 0.05) is 18.6 Å². The average Bonchev–Trinajstić information content (AvgIpc) is 2.23. The number of carbonyl (C=O) groups excluding carboxylic acids is 1. The largest absolute Gasteiger partial charge is 0.368 e. The minimum atomic E-state index is -1.02. The van der Waals surface area contributed by atoms with E-state index in [1.165, 1.54) is 6.07 Å². The molecule has 17 heavy (non-hydrogen) atoms. The van der Waals surface area contributed by atoms with E-state index >= 15 is 0 Å². The van der Waals surface area contributed by atoms with E-state index in [9.17, 15) is 13.6 Å². The molecule has 0 atom stereocenters. The third-order valence-corrected chi connectivity index (χ3v) is 2.58. The third kappa shape index (κ3) is 3.33. The molecule has 4 heteroatoms. The van der Waals surface area contributed by atoms with Gasteiger partial charge in [-0.1, -0.05) is 6.07 Å². The monoisotopic (exact) mass is 242 g/mol. The molecule has 0 aromatic heterocycles. The van der Waals surface area contributed by atoms with Gasteiger partial charge in [0.15, 0.2) is 5.78 Å². The third-order valence-electron chi connectivity index (χ3n) is 2.58. The predicted molar refractivity (Wildman–Crippen MR) is 60.8 cm³/mol. The zero-order valence-corrected chi connectivity index (χ0v) is 10.2. The maximum Gasteiger partial charge on any atom is 0.168 e. The van der Waals surface area contributed by atoms with E-state index in [0.29, 0.717) is 6.61 Å². The number of ether oxygens (including phenoxy) is 1. The molecule has 0 aliphatic heterocycles. The molecule has 0 aliphatic carbocycles. The summed E-state index contributed by atoms with van der Waals surface area (Å²) in [5.74, 6) is -1.75. The first-order valence-corrected chi connectivity index (χ1v) is 5.48. The van der Waals surface area contributed by atoms with Crippen molar-refractivity contribution in [1.82, 2.24) is 0 Å². The van der Waals surface area contributed by atoms with E-state index in [2.05, 4.69) is 0 Å². The Balaban J connectivity index is 2.88. The molecule has 0 bridgehead atoms. The molecular formula is C13H16F2O2. The van der Waals surface area contributed by atoms with Crippen molar-refractivity contribution in [3.63, 3.8) is 0 Å². The van der Waals surface area contributed by atoms with E-state index in [4.69, 9.17) is 4.74 Å². The van der Waals surface area contributed by atoms with Gasteiger partial charge in [-0.25, -0.2) is 8.78 Å². The Labute approximate surface area is 99.6 Å². The fourth-order valence-corrected chi connectivity index (χ4v) is 1.52. The van der Waals surface area contributed by atoms with Crippen molar-refractivity contribution in [2.24, 2.45) is 0 Å². The molecule has 1 aromatic rings. The normalized spacial score (nSPS) is 11.6. The highest BCUT2D eigenvalue weighted by atomic mass is 19.1. The Morgan fingerprint density at radius 2 is 1.82 bits per heavy atom. The SMILES string of the molecule is CCOC(C)(C)C(=O)Cc1c(F)cccc1F. The summed E-state index contributed by atoms with van der Waals surface area (Å²) in [6.07, 6.45) is -0.300. The lowest BCUT2D eigenvalue weighted by Crippen LogP contribution is -2.36. The first-order valence-electron chi connectivity index (χ1n) is 5.48. The highest BCUT2D eigenvalue weighted by Crippen LogP contribution is 2.18. The highest BCUT2D eigenvalue weighted by Gasteiger charge is 2.29. The van der Waals surface area contributed by atoms with Crippen LogP contribution in [0.3, 0.4) is 0 Å². The summed E-state index contributed by atoms with van der Waals surface area (Å²) < 4.78 is 32.0. The van der Waals surface area contributed by atoms with Crippen molar-refractivity contribution in [3.8, 4) is 0 Å². The van der Waals surface area contributed by atoms with Crippen LogP contribution >= 0.6 is 0 Å². The Morgan fingerprint density at radius 1 is 1.29 bits per heavy atom. The summed E-state index contributed by atoms with van der Waals surface area (Å²) in [6, 6.07) is 3.55. The van der Waals surface area contributed by atoms with Crippen molar-refractivity contribution < 1.29 is 18.3 Å². The molecule has 1 aromatic carbocycles. The second kappa shape index (κ2) is 5.36. The number of rotatable bonds is 5. The van der Waals surface area contributed by atoms with Crippen LogP contribution in [0, 0.1) is 11.6 Å². The standard InChI is InChI=1S/C13H16F2O2/c1-4-17-13(2,3)12(16)8-9-10(14)6-5-7-11(9)15/h5-7H,4,8H2,1-3H3. The van der Waals surface area contributed by atoms with Crippen LogP contribution in [0.5, 0.6) is 0 Å². The number of hydrogen-bond acceptors (Lipinski definition) is 2. The molecule has 0 N–H and O–H groups in total. The number of ketones is 1. The Hall–Kier alpha value is -1.29. The minimum Gasteiger partial charge on any atom is -0.368 e. The van der Waals surface area contributed by atoms with Gasteiger partial charge in [-0.3, -0.25) is 4.79 Å². The molecule has 0 radical (unpaired) electrons. The Bertz CT molecular complexity index is 394. The van der Waals surface area contributed by atoms with Gasteiger partial charge in [-0.2, -0.15) is 0 Å². The summed E-state index contributed by atoms with van der Waals surface area (Å²) in [7, 11) is 0. The minimum absolute atomic E-state index is 0.203. The quantitative estimate of drug-likeness (QED) is 0.793. The smallest absolute Gasteiger partial charge is 0.168 e. The molecule has 2 nitrogen and oxygen atoms in total. The van der Waals surface area contributed by atoms with E-state index in [1.54, 1.807) is 20.8 Å². The van der Waals surface area contributed by atoms with Crippen molar-refractivity contribution in [2.75, 3.05) is 6.61 Å². The summed E-state index contributed by atoms with van der Waals surface area (Å²) in [5.41, 5.74) is -1.23. The Morgan fingerprint density at radius 3 is 2.29 bits per heavy atom. The van der Waals surface area contributed by atoms with Crippen LogP contribution in [0.15, 0.2) is 18.2 Å². The van der Waals surface area contributed by atoms with Crippen LogP contribution in [-0.4, -0.2) is 18.0 Å². The Kier molecular flexibility index (Phi) is 4.34. The van der Waals surface area contributed by atoms with Crippen molar-refractivity contribution in [3.05, 3.63) is 35.4 Å². The van der Waals surface area contributed by atoms with Crippen LogP contribution in [0.25, 0.3) is 0 Å². The number of carbonyl (C=O) groups is 1. The second-order valence-electron chi connectivity index (χ2n) is 4.24. The van der Waals surface area contributed by atoms with Crippen molar-refractivity contribution >= 4 is 5.78 Å². The lowest BCUT2D eigenvalue weighted by molar-refractivity contribution is -0.139. The summed E-state index contributed by atoms with van der Waals surface area (Å²) in [4.78, 5) is 11.9. The van der Waals surface area contributed by atoms with E-state index in [-0.39, 0.29) is 17.8 Å². The lowest BCUT2D eigenvalue weighted by Gasteiger charge is -2.23. The molecule has 0 amide bonds. The molecule has 94 valence electrons. The first kappa shape index (κ1) is 13.8. The number of hydrogen-bond donors (Lipinski definition) is 0. The predicted octanol–water partition coefficient (Wildman–Crippen LogP) is 2.89. The maximum atomic E-state index is 13.4. The number of halogens is 2. The molecule has 0 aliphatic rings. The van der Waals surface area contributed by atoms with Gasteiger partial charge in [0.25, 0.3) is 0 Å². The van der Waals surface area contributed by atoms with Gasteiger partial charge in [0.05, 0.1) is 0 Å². The maximum absolute atomic E-state index is 13.4. The summed E-state index contributed by atoms with van der Waals surface area (Å²) in [5, 5.41) is 0. The van der Waals surface area contributed by atoms with Gasteiger partial charge in [0.1, 0.15) is 17.2 Å². The first-order chi connectivity index (χ1) is 7.88.